The van der Waals surface area contributed by atoms with Crippen LogP contribution in [0.3, 0.4) is 0 Å². The van der Waals surface area contributed by atoms with Crippen molar-refractivity contribution in [1.82, 2.24) is 5.01 Å². The average molecular weight is 188 g/mol. The Morgan fingerprint density at radius 2 is 2.07 bits per heavy atom. The summed E-state index contributed by atoms with van der Waals surface area (Å²) in [6.07, 6.45) is 1.71. The summed E-state index contributed by atoms with van der Waals surface area (Å²) in [7, 11) is 3.75. The molecule has 0 amide bonds. The molecular formula is C11H12N2O. The smallest absolute Gasteiger partial charge is 0.148 e. The number of hydrogen-bond donors (Lipinski definition) is 0. The SMILES string of the molecule is CN(C)N=Cc1cc2ccccc2o1. The Labute approximate surface area is 82.6 Å². The highest BCUT2D eigenvalue weighted by molar-refractivity contribution is 5.86. The molecule has 0 saturated carbocycles. The Morgan fingerprint density at radius 1 is 1.29 bits per heavy atom. The number of para-hydroxylation sites is 1. The molecule has 3 nitrogen and oxygen atoms in total. The van der Waals surface area contributed by atoms with Crippen LogP contribution in [0.4, 0.5) is 0 Å². The van der Waals surface area contributed by atoms with Gasteiger partial charge in [0.15, 0.2) is 0 Å². The van der Waals surface area contributed by atoms with Crippen molar-refractivity contribution in [3.05, 3.63) is 36.1 Å². The zero-order chi connectivity index (χ0) is 9.97. The van der Waals surface area contributed by atoms with E-state index in [0.29, 0.717) is 0 Å². The van der Waals surface area contributed by atoms with E-state index in [1.54, 1.807) is 11.2 Å². The van der Waals surface area contributed by atoms with E-state index in [9.17, 15) is 0 Å². The van der Waals surface area contributed by atoms with Crippen LogP contribution < -0.4 is 0 Å². The predicted octanol–water partition coefficient (Wildman–Crippen LogP) is 2.33. The molecular weight excluding hydrogens is 176 g/mol. The maximum absolute atomic E-state index is 5.54. The highest BCUT2D eigenvalue weighted by Gasteiger charge is 1.99. The molecule has 0 unspecified atom stereocenters. The minimum atomic E-state index is 0.778. The standard InChI is InChI=1S/C11H12N2O/c1-13(2)12-8-10-7-9-5-3-4-6-11(9)14-10/h3-8H,1-2H3. The molecule has 0 atom stereocenters. The first-order valence-corrected chi connectivity index (χ1v) is 4.45. The summed E-state index contributed by atoms with van der Waals surface area (Å²) in [5.74, 6) is 0.778. The van der Waals surface area contributed by atoms with Crippen molar-refractivity contribution in [1.29, 1.82) is 0 Å². The third kappa shape index (κ3) is 1.76. The van der Waals surface area contributed by atoms with Crippen molar-refractivity contribution in [2.45, 2.75) is 0 Å². The molecule has 0 spiro atoms. The summed E-state index contributed by atoms with van der Waals surface area (Å²) in [6.45, 7) is 0. The Balaban J connectivity index is 2.36. The van der Waals surface area contributed by atoms with E-state index in [1.165, 1.54) is 0 Å². The Bertz CT molecular complexity index is 424. The maximum Gasteiger partial charge on any atom is 0.148 e. The topological polar surface area (TPSA) is 28.7 Å². The van der Waals surface area contributed by atoms with Crippen LogP contribution in [0.15, 0.2) is 39.9 Å². The third-order valence-electron chi connectivity index (χ3n) is 1.86. The molecule has 3 heteroatoms. The van der Waals surface area contributed by atoms with Crippen molar-refractivity contribution in [2.75, 3.05) is 14.1 Å². The first-order valence-electron chi connectivity index (χ1n) is 4.45. The lowest BCUT2D eigenvalue weighted by molar-refractivity contribution is 0.438. The lowest BCUT2D eigenvalue weighted by atomic mass is 10.2. The number of hydrogen-bond acceptors (Lipinski definition) is 3. The fourth-order valence-electron chi connectivity index (χ4n) is 1.24. The maximum atomic E-state index is 5.54. The molecule has 0 N–H and O–H groups in total. The largest absolute Gasteiger partial charge is 0.455 e. The second-order valence-corrected chi connectivity index (χ2v) is 3.28. The second-order valence-electron chi connectivity index (χ2n) is 3.28. The summed E-state index contributed by atoms with van der Waals surface area (Å²) in [5, 5.41) is 6.94. The molecule has 0 saturated heterocycles. The molecule has 0 aliphatic carbocycles. The molecule has 2 aromatic rings. The number of furan rings is 1. The molecule has 0 bridgehead atoms. The summed E-state index contributed by atoms with van der Waals surface area (Å²) in [6, 6.07) is 9.89. The van der Waals surface area contributed by atoms with Crippen LogP contribution in [0.2, 0.25) is 0 Å². The molecule has 0 aliphatic heterocycles. The zero-order valence-electron chi connectivity index (χ0n) is 8.27. The van der Waals surface area contributed by atoms with Crippen LogP contribution in [-0.2, 0) is 0 Å². The second kappa shape index (κ2) is 3.54. The lowest BCUT2D eigenvalue weighted by Gasteiger charge is -2.00. The lowest BCUT2D eigenvalue weighted by Crippen LogP contribution is -2.01. The predicted molar refractivity (Wildman–Crippen MR) is 57.5 cm³/mol. The van der Waals surface area contributed by atoms with Crippen LogP contribution in [0.25, 0.3) is 11.0 Å². The highest BCUT2D eigenvalue weighted by Crippen LogP contribution is 2.17. The molecule has 0 fully saturated rings. The van der Waals surface area contributed by atoms with Gasteiger partial charge in [0.1, 0.15) is 11.3 Å². The first-order chi connectivity index (χ1) is 6.75. The number of benzene rings is 1. The van der Waals surface area contributed by atoms with Crippen LogP contribution in [-0.4, -0.2) is 25.3 Å². The Hall–Kier alpha value is -1.77. The van der Waals surface area contributed by atoms with Crippen LogP contribution in [0.1, 0.15) is 5.76 Å². The van der Waals surface area contributed by atoms with Gasteiger partial charge in [0, 0.05) is 19.5 Å². The normalized spacial score (nSPS) is 11.3. The summed E-state index contributed by atoms with van der Waals surface area (Å²) in [5.41, 5.74) is 0.896. The Kier molecular flexibility index (Phi) is 2.23. The van der Waals surface area contributed by atoms with E-state index in [-0.39, 0.29) is 0 Å². The minimum Gasteiger partial charge on any atom is -0.455 e. The molecule has 1 aromatic carbocycles. The van der Waals surface area contributed by atoms with Crippen LogP contribution >= 0.6 is 0 Å². The van der Waals surface area contributed by atoms with Crippen molar-refractivity contribution >= 4 is 17.2 Å². The van der Waals surface area contributed by atoms with Gasteiger partial charge in [0.05, 0.1) is 6.21 Å². The average Bonchev–Trinajstić information content (AvgIpc) is 2.57. The van der Waals surface area contributed by atoms with Crippen molar-refractivity contribution in [2.24, 2.45) is 5.10 Å². The molecule has 1 heterocycles. The Morgan fingerprint density at radius 3 is 2.79 bits per heavy atom. The molecule has 14 heavy (non-hydrogen) atoms. The highest BCUT2D eigenvalue weighted by atomic mass is 16.3. The molecule has 72 valence electrons. The summed E-state index contributed by atoms with van der Waals surface area (Å²) >= 11 is 0. The van der Waals surface area contributed by atoms with E-state index < -0.39 is 0 Å². The van der Waals surface area contributed by atoms with Gasteiger partial charge < -0.3 is 9.43 Å². The van der Waals surface area contributed by atoms with E-state index in [4.69, 9.17) is 4.42 Å². The molecule has 0 aliphatic rings. The van der Waals surface area contributed by atoms with E-state index >= 15 is 0 Å². The van der Waals surface area contributed by atoms with Gasteiger partial charge in [-0.1, -0.05) is 18.2 Å². The van der Waals surface area contributed by atoms with Crippen LogP contribution in [0.5, 0.6) is 0 Å². The van der Waals surface area contributed by atoms with Gasteiger partial charge in [-0.3, -0.25) is 0 Å². The van der Waals surface area contributed by atoms with Gasteiger partial charge >= 0.3 is 0 Å². The number of nitrogens with zero attached hydrogens (tertiary/aromatic N) is 2. The summed E-state index contributed by atoms with van der Waals surface area (Å²) in [4.78, 5) is 0. The number of hydrazone groups is 1. The van der Waals surface area contributed by atoms with Crippen molar-refractivity contribution in [3.63, 3.8) is 0 Å². The minimum absolute atomic E-state index is 0.778. The number of fused-ring (bicyclic) bond motifs is 1. The van der Waals surface area contributed by atoms with Gasteiger partial charge in [-0.05, 0) is 12.1 Å². The molecule has 1 aromatic heterocycles. The number of rotatable bonds is 2. The monoisotopic (exact) mass is 188 g/mol. The van der Waals surface area contributed by atoms with E-state index in [1.807, 2.05) is 44.4 Å². The van der Waals surface area contributed by atoms with Gasteiger partial charge in [-0.15, -0.1) is 0 Å². The third-order valence-corrected chi connectivity index (χ3v) is 1.86. The van der Waals surface area contributed by atoms with Gasteiger partial charge in [0.25, 0.3) is 0 Å². The molecule has 0 radical (unpaired) electrons. The van der Waals surface area contributed by atoms with E-state index in [0.717, 1.165) is 16.7 Å². The van der Waals surface area contributed by atoms with Gasteiger partial charge in [-0.25, -0.2) is 0 Å². The molecule has 2 rings (SSSR count). The summed E-state index contributed by atoms with van der Waals surface area (Å²) < 4.78 is 5.54. The zero-order valence-corrected chi connectivity index (χ0v) is 8.27. The fraction of sp³-hybridized carbons (Fsp3) is 0.182. The fourth-order valence-corrected chi connectivity index (χ4v) is 1.24. The first kappa shape index (κ1) is 8.81. The van der Waals surface area contributed by atoms with Crippen LogP contribution in [0, 0.1) is 0 Å². The van der Waals surface area contributed by atoms with Crippen molar-refractivity contribution < 1.29 is 4.42 Å². The van der Waals surface area contributed by atoms with Gasteiger partial charge in [0.2, 0.25) is 0 Å². The van der Waals surface area contributed by atoms with E-state index in [2.05, 4.69) is 5.10 Å². The quantitative estimate of drug-likeness (QED) is 0.534. The van der Waals surface area contributed by atoms with Crippen molar-refractivity contribution in [3.8, 4) is 0 Å². The van der Waals surface area contributed by atoms with Gasteiger partial charge in [-0.2, -0.15) is 5.10 Å².